The monoisotopic (exact) mass is 528 g/mol. The standard InChI is InChI=1S/C26H32N4O6S/c1-18-14-22-23(36-17-25(31)27-22)16-24(18)37(33,34)30-8-6-19(7-9-30)26(32)29-12-10-28(11-13-29)20-4-3-5-21(15-20)35-2/h3-5,14-16,19H,6-13,17H2,1-2H3,(H,27,31). The molecule has 3 heterocycles. The number of piperazine rings is 1. The first-order chi connectivity index (χ1) is 17.8. The Kier molecular flexibility index (Phi) is 7.00. The molecule has 2 saturated heterocycles. The van der Waals surface area contributed by atoms with E-state index in [1.54, 1.807) is 20.1 Å². The van der Waals surface area contributed by atoms with Crippen molar-refractivity contribution in [3.63, 3.8) is 0 Å². The molecule has 3 aliphatic rings. The Bertz CT molecular complexity index is 1300. The SMILES string of the molecule is COc1cccc(N2CCN(C(=O)C3CCN(S(=O)(=O)c4cc5c(cc4C)NC(=O)CO5)CC3)CC2)c1. The number of anilines is 2. The number of rotatable bonds is 5. The molecule has 198 valence electrons. The Labute approximate surface area is 217 Å². The minimum Gasteiger partial charge on any atom is -0.497 e. The predicted molar refractivity (Wildman–Crippen MR) is 139 cm³/mol. The first-order valence-corrected chi connectivity index (χ1v) is 14.0. The van der Waals surface area contributed by atoms with Gasteiger partial charge in [-0.2, -0.15) is 4.31 Å². The van der Waals surface area contributed by atoms with Gasteiger partial charge in [0.05, 0.1) is 17.7 Å². The third kappa shape index (κ3) is 5.10. The summed E-state index contributed by atoms with van der Waals surface area (Å²) in [5, 5.41) is 2.70. The summed E-state index contributed by atoms with van der Waals surface area (Å²) in [4.78, 5) is 29.1. The zero-order chi connectivity index (χ0) is 26.2. The maximum Gasteiger partial charge on any atom is 0.262 e. The van der Waals surface area contributed by atoms with E-state index in [2.05, 4.69) is 10.2 Å². The summed E-state index contributed by atoms with van der Waals surface area (Å²) in [6, 6.07) is 11.0. The smallest absolute Gasteiger partial charge is 0.262 e. The average molecular weight is 529 g/mol. The number of benzene rings is 2. The van der Waals surface area contributed by atoms with Gasteiger partial charge in [0.15, 0.2) is 6.61 Å². The van der Waals surface area contributed by atoms with Crippen LogP contribution in [0.1, 0.15) is 18.4 Å². The Morgan fingerprint density at radius 1 is 1.05 bits per heavy atom. The number of nitrogens with one attached hydrogen (secondary N) is 1. The van der Waals surface area contributed by atoms with Crippen LogP contribution in [0, 0.1) is 12.8 Å². The minimum absolute atomic E-state index is 0.108. The minimum atomic E-state index is -3.76. The summed E-state index contributed by atoms with van der Waals surface area (Å²) >= 11 is 0. The van der Waals surface area contributed by atoms with Gasteiger partial charge in [0, 0.05) is 63.0 Å². The first kappa shape index (κ1) is 25.3. The highest BCUT2D eigenvalue weighted by molar-refractivity contribution is 7.89. The van der Waals surface area contributed by atoms with Crippen LogP contribution in [0.5, 0.6) is 11.5 Å². The van der Waals surface area contributed by atoms with Gasteiger partial charge < -0.3 is 24.6 Å². The second-order valence-electron chi connectivity index (χ2n) is 9.64. The van der Waals surface area contributed by atoms with Crippen molar-refractivity contribution >= 4 is 33.2 Å². The molecule has 0 atom stereocenters. The molecule has 0 unspecified atom stereocenters. The molecular formula is C26H32N4O6S. The molecule has 0 aromatic heterocycles. The zero-order valence-corrected chi connectivity index (χ0v) is 21.9. The van der Waals surface area contributed by atoms with Crippen LogP contribution in [-0.4, -0.2) is 82.4 Å². The van der Waals surface area contributed by atoms with Crippen LogP contribution >= 0.6 is 0 Å². The number of carbonyl (C=O) groups is 2. The van der Waals surface area contributed by atoms with E-state index < -0.39 is 10.0 Å². The van der Waals surface area contributed by atoms with Gasteiger partial charge in [-0.3, -0.25) is 9.59 Å². The molecule has 0 bridgehead atoms. The maximum atomic E-state index is 13.4. The van der Waals surface area contributed by atoms with E-state index in [1.165, 1.54) is 10.4 Å². The highest BCUT2D eigenvalue weighted by Crippen LogP contribution is 2.35. The molecular weight excluding hydrogens is 496 g/mol. The fourth-order valence-corrected chi connectivity index (χ4v) is 6.92. The number of carbonyl (C=O) groups excluding carboxylic acids is 2. The molecule has 37 heavy (non-hydrogen) atoms. The summed E-state index contributed by atoms with van der Waals surface area (Å²) in [7, 11) is -2.11. The normalized spacial score (nSPS) is 19.1. The van der Waals surface area contributed by atoms with Crippen LogP contribution in [0.2, 0.25) is 0 Å². The van der Waals surface area contributed by atoms with E-state index in [4.69, 9.17) is 9.47 Å². The molecule has 2 aromatic rings. The second-order valence-corrected chi connectivity index (χ2v) is 11.5. The number of hydrogen-bond donors (Lipinski definition) is 1. The molecule has 0 aliphatic carbocycles. The number of hydrogen-bond acceptors (Lipinski definition) is 7. The van der Waals surface area contributed by atoms with E-state index in [0.29, 0.717) is 42.9 Å². The van der Waals surface area contributed by atoms with Crippen molar-refractivity contribution in [2.75, 3.05) is 63.2 Å². The van der Waals surface area contributed by atoms with Crippen LogP contribution in [-0.2, 0) is 19.6 Å². The van der Waals surface area contributed by atoms with E-state index >= 15 is 0 Å². The summed E-state index contributed by atoms with van der Waals surface area (Å²) in [6.07, 6.45) is 0.982. The molecule has 0 spiro atoms. The van der Waals surface area contributed by atoms with Crippen molar-refractivity contribution in [2.24, 2.45) is 5.92 Å². The Morgan fingerprint density at radius 3 is 2.49 bits per heavy atom. The lowest BCUT2D eigenvalue weighted by atomic mass is 9.96. The predicted octanol–water partition coefficient (Wildman–Crippen LogP) is 2.08. The van der Waals surface area contributed by atoms with Crippen molar-refractivity contribution in [1.29, 1.82) is 0 Å². The number of nitrogens with zero attached hydrogens (tertiary/aromatic N) is 3. The van der Waals surface area contributed by atoms with Crippen LogP contribution in [0.25, 0.3) is 0 Å². The third-order valence-electron chi connectivity index (χ3n) is 7.34. The summed E-state index contributed by atoms with van der Waals surface area (Å²) in [5.74, 6) is 0.815. The number of aryl methyl sites for hydroxylation is 1. The molecule has 2 amide bonds. The topological polar surface area (TPSA) is 108 Å². The van der Waals surface area contributed by atoms with Gasteiger partial charge in [-0.1, -0.05) is 6.07 Å². The Balaban J connectivity index is 1.18. The van der Waals surface area contributed by atoms with Gasteiger partial charge in [0.1, 0.15) is 11.5 Å². The van der Waals surface area contributed by atoms with Crippen LogP contribution in [0.15, 0.2) is 41.3 Å². The van der Waals surface area contributed by atoms with Gasteiger partial charge in [-0.05, 0) is 43.5 Å². The molecule has 2 aromatic carbocycles. The van der Waals surface area contributed by atoms with Crippen LogP contribution in [0.3, 0.4) is 0 Å². The van der Waals surface area contributed by atoms with E-state index in [1.807, 2.05) is 29.2 Å². The summed E-state index contributed by atoms with van der Waals surface area (Å²) < 4.78 is 39.0. The lowest BCUT2D eigenvalue weighted by molar-refractivity contribution is -0.137. The molecule has 5 rings (SSSR count). The highest BCUT2D eigenvalue weighted by atomic mass is 32.2. The molecule has 2 fully saturated rings. The highest BCUT2D eigenvalue weighted by Gasteiger charge is 2.36. The fourth-order valence-electron chi connectivity index (χ4n) is 5.23. The van der Waals surface area contributed by atoms with Crippen molar-refractivity contribution in [2.45, 2.75) is 24.7 Å². The third-order valence-corrected chi connectivity index (χ3v) is 9.38. The number of piperidine rings is 1. The number of sulfonamides is 1. The van der Waals surface area contributed by atoms with Crippen molar-refractivity contribution < 1.29 is 27.5 Å². The molecule has 1 N–H and O–H groups in total. The van der Waals surface area contributed by atoms with E-state index in [9.17, 15) is 18.0 Å². The van der Waals surface area contributed by atoms with Gasteiger partial charge >= 0.3 is 0 Å². The number of methoxy groups -OCH3 is 1. The largest absolute Gasteiger partial charge is 0.497 e. The van der Waals surface area contributed by atoms with Gasteiger partial charge in [-0.15, -0.1) is 0 Å². The molecule has 3 aliphatic heterocycles. The van der Waals surface area contributed by atoms with Crippen LogP contribution in [0.4, 0.5) is 11.4 Å². The average Bonchev–Trinajstić information content (AvgIpc) is 2.92. The lowest BCUT2D eigenvalue weighted by Crippen LogP contribution is -2.52. The second kappa shape index (κ2) is 10.2. The maximum absolute atomic E-state index is 13.4. The Morgan fingerprint density at radius 2 is 1.78 bits per heavy atom. The number of fused-ring (bicyclic) bond motifs is 1. The Hall–Kier alpha value is -3.31. The summed E-state index contributed by atoms with van der Waals surface area (Å²) in [6.45, 7) is 4.90. The summed E-state index contributed by atoms with van der Waals surface area (Å²) in [5.41, 5.74) is 2.09. The molecule has 11 heteroatoms. The zero-order valence-electron chi connectivity index (χ0n) is 21.1. The fraction of sp³-hybridized carbons (Fsp3) is 0.462. The molecule has 0 radical (unpaired) electrons. The number of ether oxygens (including phenoxy) is 2. The van der Waals surface area contributed by atoms with E-state index in [-0.39, 0.29) is 42.3 Å². The quantitative estimate of drug-likeness (QED) is 0.633. The lowest BCUT2D eigenvalue weighted by Gasteiger charge is -2.39. The first-order valence-electron chi connectivity index (χ1n) is 12.5. The van der Waals surface area contributed by atoms with Crippen molar-refractivity contribution in [3.8, 4) is 11.5 Å². The van der Waals surface area contributed by atoms with E-state index in [0.717, 1.165) is 24.5 Å². The molecule has 10 nitrogen and oxygen atoms in total. The van der Waals surface area contributed by atoms with Crippen molar-refractivity contribution in [1.82, 2.24) is 9.21 Å². The van der Waals surface area contributed by atoms with Crippen molar-refractivity contribution in [3.05, 3.63) is 42.0 Å². The van der Waals surface area contributed by atoms with Gasteiger partial charge in [-0.25, -0.2) is 8.42 Å². The van der Waals surface area contributed by atoms with Crippen LogP contribution < -0.4 is 19.7 Å². The van der Waals surface area contributed by atoms with Gasteiger partial charge in [0.25, 0.3) is 5.91 Å². The molecule has 0 saturated carbocycles. The number of amides is 2. The van der Waals surface area contributed by atoms with Gasteiger partial charge in [0.2, 0.25) is 15.9 Å².